The zero-order chi connectivity index (χ0) is 13.8. The van der Waals surface area contributed by atoms with Crippen LogP contribution < -0.4 is 5.73 Å². The van der Waals surface area contributed by atoms with E-state index in [0.29, 0.717) is 6.54 Å². The number of carbonyl (C=O) groups is 1. The van der Waals surface area contributed by atoms with Crippen LogP contribution in [0.5, 0.6) is 0 Å². The minimum Gasteiger partial charge on any atom is -0.341 e. The number of carbonyl (C=O) groups excluding carboxylic acids is 1. The number of nitrogens with two attached hydrogens (primary N) is 1. The van der Waals surface area contributed by atoms with Gasteiger partial charge in [-0.25, -0.2) is 0 Å². The molecule has 0 saturated carbocycles. The molecule has 2 atom stereocenters. The van der Waals surface area contributed by atoms with Crippen LogP contribution in [0.25, 0.3) is 0 Å². The van der Waals surface area contributed by atoms with Crippen LogP contribution in [0.4, 0.5) is 0 Å². The topological polar surface area (TPSA) is 46.3 Å². The highest BCUT2D eigenvalue weighted by molar-refractivity contribution is 9.10. The number of nitrogens with zero attached hydrogens (tertiary/aromatic N) is 1. The number of hydrogen-bond acceptors (Lipinski definition) is 2. The molecule has 1 amide bonds. The first-order valence-corrected chi connectivity index (χ1v) is 7.69. The molecule has 2 unspecified atom stereocenters. The van der Waals surface area contributed by atoms with Gasteiger partial charge in [0, 0.05) is 29.5 Å². The van der Waals surface area contributed by atoms with Crippen LogP contribution in [-0.2, 0) is 11.2 Å². The lowest BCUT2D eigenvalue weighted by Crippen LogP contribution is -2.37. The van der Waals surface area contributed by atoms with Gasteiger partial charge in [0.25, 0.3) is 0 Å². The van der Waals surface area contributed by atoms with E-state index in [9.17, 15) is 4.79 Å². The minimum atomic E-state index is 0. The third-order valence-electron chi connectivity index (χ3n) is 3.80. The summed E-state index contributed by atoms with van der Waals surface area (Å²) in [6.45, 7) is 3.60. The van der Waals surface area contributed by atoms with Gasteiger partial charge in [-0.3, -0.25) is 4.79 Å². The molecule has 2 rings (SSSR count). The molecule has 1 aliphatic rings. The summed E-state index contributed by atoms with van der Waals surface area (Å²) >= 11 is 3.55. The Morgan fingerprint density at radius 3 is 2.75 bits per heavy atom. The Morgan fingerprint density at radius 1 is 1.50 bits per heavy atom. The van der Waals surface area contributed by atoms with Crippen molar-refractivity contribution in [3.8, 4) is 0 Å². The second-order valence-corrected chi connectivity index (χ2v) is 6.09. The number of amides is 1. The van der Waals surface area contributed by atoms with E-state index in [2.05, 4.69) is 28.9 Å². The Kier molecular flexibility index (Phi) is 7.00. The maximum Gasteiger partial charge on any atom is 0.226 e. The Bertz CT molecular complexity index is 455. The average molecular weight is 362 g/mol. The van der Waals surface area contributed by atoms with E-state index in [1.165, 1.54) is 5.56 Å². The van der Waals surface area contributed by atoms with Crippen molar-refractivity contribution in [1.82, 2.24) is 4.90 Å². The van der Waals surface area contributed by atoms with Crippen molar-refractivity contribution >= 4 is 34.2 Å². The quantitative estimate of drug-likeness (QED) is 0.896. The maximum atomic E-state index is 12.5. The summed E-state index contributed by atoms with van der Waals surface area (Å²) < 4.78 is 1.08. The predicted octanol–water partition coefficient (Wildman–Crippen LogP) is 3.00. The van der Waals surface area contributed by atoms with Crippen molar-refractivity contribution in [2.45, 2.75) is 32.2 Å². The number of hydrogen-bond donors (Lipinski definition) is 1. The standard InChI is InChI=1S/C15H21BrN2O.ClH/c1-2-11(9-12-5-3-4-6-14(12)16)15(19)18-8-7-13(17)10-18;/h3-6,11,13H,2,7-10,17H2,1H3;1H. The molecule has 0 aliphatic carbocycles. The molecular formula is C15H22BrClN2O. The lowest BCUT2D eigenvalue weighted by atomic mass is 9.95. The summed E-state index contributed by atoms with van der Waals surface area (Å²) in [7, 11) is 0. The molecule has 1 aliphatic heterocycles. The van der Waals surface area contributed by atoms with Crippen LogP contribution in [0.3, 0.4) is 0 Å². The maximum absolute atomic E-state index is 12.5. The molecule has 1 aromatic carbocycles. The van der Waals surface area contributed by atoms with Crippen LogP contribution in [-0.4, -0.2) is 29.9 Å². The number of likely N-dealkylation sites (tertiary alicyclic amines) is 1. The highest BCUT2D eigenvalue weighted by Gasteiger charge is 2.28. The largest absolute Gasteiger partial charge is 0.341 e. The Hall–Kier alpha value is -0.580. The van der Waals surface area contributed by atoms with Gasteiger partial charge in [-0.1, -0.05) is 41.1 Å². The molecule has 0 spiro atoms. The highest BCUT2D eigenvalue weighted by atomic mass is 79.9. The van der Waals surface area contributed by atoms with Crippen molar-refractivity contribution in [2.75, 3.05) is 13.1 Å². The minimum absolute atomic E-state index is 0. The smallest absolute Gasteiger partial charge is 0.226 e. The zero-order valence-corrected chi connectivity index (χ0v) is 14.1. The van der Waals surface area contributed by atoms with E-state index < -0.39 is 0 Å². The first-order valence-electron chi connectivity index (χ1n) is 6.89. The molecule has 0 bridgehead atoms. The second-order valence-electron chi connectivity index (χ2n) is 5.23. The summed E-state index contributed by atoms with van der Waals surface area (Å²) in [5.74, 6) is 0.315. The first-order chi connectivity index (χ1) is 9.11. The Labute approximate surface area is 135 Å². The van der Waals surface area contributed by atoms with Crippen molar-refractivity contribution < 1.29 is 4.79 Å². The summed E-state index contributed by atoms with van der Waals surface area (Å²) in [6, 6.07) is 8.28. The van der Waals surface area contributed by atoms with Gasteiger partial charge in [0.2, 0.25) is 5.91 Å². The Morgan fingerprint density at radius 2 is 2.20 bits per heavy atom. The van der Waals surface area contributed by atoms with Crippen LogP contribution in [0.1, 0.15) is 25.3 Å². The SMILES string of the molecule is CCC(Cc1ccccc1Br)C(=O)N1CCC(N)C1.Cl. The van der Waals surface area contributed by atoms with Crippen LogP contribution >= 0.6 is 28.3 Å². The molecule has 0 radical (unpaired) electrons. The zero-order valence-electron chi connectivity index (χ0n) is 11.7. The van der Waals surface area contributed by atoms with E-state index in [0.717, 1.165) is 30.3 Å². The van der Waals surface area contributed by atoms with E-state index in [1.54, 1.807) is 0 Å². The van der Waals surface area contributed by atoms with Crippen molar-refractivity contribution in [2.24, 2.45) is 11.7 Å². The first kappa shape index (κ1) is 17.5. The van der Waals surface area contributed by atoms with E-state index in [1.807, 2.05) is 23.1 Å². The molecule has 3 nitrogen and oxygen atoms in total. The fourth-order valence-electron chi connectivity index (χ4n) is 2.58. The lowest BCUT2D eigenvalue weighted by Gasteiger charge is -2.23. The van der Waals surface area contributed by atoms with Gasteiger partial charge in [-0.05, 0) is 30.9 Å². The fraction of sp³-hybridized carbons (Fsp3) is 0.533. The summed E-state index contributed by atoms with van der Waals surface area (Å²) in [6.07, 6.45) is 2.59. The summed E-state index contributed by atoms with van der Waals surface area (Å²) in [5.41, 5.74) is 7.08. The molecule has 1 saturated heterocycles. The van der Waals surface area contributed by atoms with Gasteiger partial charge in [0.05, 0.1) is 0 Å². The second kappa shape index (κ2) is 8.01. The van der Waals surface area contributed by atoms with Crippen LogP contribution in [0, 0.1) is 5.92 Å². The summed E-state index contributed by atoms with van der Waals surface area (Å²) in [5, 5.41) is 0. The monoisotopic (exact) mass is 360 g/mol. The van der Waals surface area contributed by atoms with Gasteiger partial charge in [-0.15, -0.1) is 12.4 Å². The van der Waals surface area contributed by atoms with E-state index in [-0.39, 0.29) is 30.3 Å². The predicted molar refractivity (Wildman–Crippen MR) is 88.0 cm³/mol. The third kappa shape index (κ3) is 4.21. The molecule has 2 N–H and O–H groups in total. The normalized spacial score (nSPS) is 19.6. The average Bonchev–Trinajstić information content (AvgIpc) is 2.84. The number of rotatable bonds is 4. The van der Waals surface area contributed by atoms with E-state index in [4.69, 9.17) is 5.73 Å². The lowest BCUT2D eigenvalue weighted by molar-refractivity contribution is -0.134. The highest BCUT2D eigenvalue weighted by Crippen LogP contribution is 2.23. The van der Waals surface area contributed by atoms with Crippen molar-refractivity contribution in [3.63, 3.8) is 0 Å². The van der Waals surface area contributed by atoms with Crippen LogP contribution in [0.2, 0.25) is 0 Å². The van der Waals surface area contributed by atoms with Gasteiger partial charge < -0.3 is 10.6 Å². The summed E-state index contributed by atoms with van der Waals surface area (Å²) in [4.78, 5) is 14.4. The van der Waals surface area contributed by atoms with Gasteiger partial charge >= 0.3 is 0 Å². The van der Waals surface area contributed by atoms with Gasteiger partial charge in [0.1, 0.15) is 0 Å². The molecule has 20 heavy (non-hydrogen) atoms. The molecule has 5 heteroatoms. The number of benzene rings is 1. The Balaban J connectivity index is 0.00000200. The molecule has 1 fully saturated rings. The van der Waals surface area contributed by atoms with Gasteiger partial charge in [-0.2, -0.15) is 0 Å². The van der Waals surface area contributed by atoms with Crippen LogP contribution in [0.15, 0.2) is 28.7 Å². The molecule has 112 valence electrons. The third-order valence-corrected chi connectivity index (χ3v) is 4.58. The fourth-order valence-corrected chi connectivity index (χ4v) is 3.03. The molecule has 1 aromatic rings. The number of halogens is 2. The molecule has 0 aromatic heterocycles. The van der Waals surface area contributed by atoms with Gasteiger partial charge in [0.15, 0.2) is 0 Å². The van der Waals surface area contributed by atoms with Crippen molar-refractivity contribution in [1.29, 1.82) is 0 Å². The van der Waals surface area contributed by atoms with E-state index >= 15 is 0 Å². The molecule has 1 heterocycles. The van der Waals surface area contributed by atoms with Crippen molar-refractivity contribution in [3.05, 3.63) is 34.3 Å². The molecular weight excluding hydrogens is 340 g/mol.